The number of hydrogen-bond acceptors (Lipinski definition) is 6. The van der Waals surface area contributed by atoms with Crippen molar-refractivity contribution >= 4 is 39.7 Å². The number of esters is 1. The van der Waals surface area contributed by atoms with Crippen LogP contribution in [0, 0.1) is 0 Å². The number of ether oxygens (including phenoxy) is 1. The van der Waals surface area contributed by atoms with Gasteiger partial charge >= 0.3 is 5.97 Å². The first kappa shape index (κ1) is 17.3. The Morgan fingerprint density at radius 1 is 1.16 bits per heavy atom. The van der Waals surface area contributed by atoms with E-state index in [1.165, 1.54) is 11.3 Å². The minimum absolute atomic E-state index is 0.161. The fraction of sp³-hybridized carbons (Fsp3) is 0.167. The molecule has 3 rings (SSSR count). The van der Waals surface area contributed by atoms with Crippen molar-refractivity contribution in [3.63, 3.8) is 0 Å². The van der Waals surface area contributed by atoms with Crippen molar-refractivity contribution in [3.8, 4) is 11.3 Å². The van der Waals surface area contributed by atoms with E-state index in [-0.39, 0.29) is 18.9 Å². The average Bonchev–Trinajstić information content (AvgIpc) is 3.25. The van der Waals surface area contributed by atoms with E-state index in [2.05, 4.69) is 10.3 Å². The minimum atomic E-state index is -0.433. The van der Waals surface area contributed by atoms with E-state index >= 15 is 0 Å². The van der Waals surface area contributed by atoms with Crippen LogP contribution in [-0.4, -0.2) is 23.5 Å². The summed E-state index contributed by atoms with van der Waals surface area (Å²) in [6, 6.07) is 13.2. The summed E-state index contributed by atoms with van der Waals surface area (Å²) in [5, 5.41) is 5.10. The van der Waals surface area contributed by atoms with Gasteiger partial charge in [0, 0.05) is 10.4 Å². The van der Waals surface area contributed by atoms with Gasteiger partial charge in [0.05, 0.1) is 18.7 Å². The summed E-state index contributed by atoms with van der Waals surface area (Å²) in [5.74, 6) is -0.594. The lowest BCUT2D eigenvalue weighted by atomic mass is 10.1. The molecule has 1 amide bonds. The molecule has 128 valence electrons. The van der Waals surface area contributed by atoms with E-state index in [9.17, 15) is 9.59 Å². The number of carbonyl (C=O) groups excluding carboxylic acids is 2. The van der Waals surface area contributed by atoms with Crippen LogP contribution in [0.2, 0.25) is 0 Å². The number of amides is 1. The molecule has 2 aromatic heterocycles. The zero-order chi connectivity index (χ0) is 17.6. The standard InChI is InChI=1S/C18H16N2O3S2/c1-2-23-17(22)16-15(12-7-4-3-5-8-12)20-18(25-16)19-14(21)11-13-9-6-10-24-13/h3-10H,2,11H2,1H3,(H,19,20,21). The summed E-state index contributed by atoms with van der Waals surface area (Å²) in [5.41, 5.74) is 1.33. The molecule has 3 aromatic rings. The number of nitrogens with one attached hydrogen (secondary N) is 1. The quantitative estimate of drug-likeness (QED) is 0.658. The van der Waals surface area contributed by atoms with Crippen LogP contribution in [0.1, 0.15) is 21.5 Å². The second-order valence-electron chi connectivity index (χ2n) is 5.09. The van der Waals surface area contributed by atoms with Gasteiger partial charge < -0.3 is 10.1 Å². The zero-order valence-corrected chi connectivity index (χ0v) is 15.2. The van der Waals surface area contributed by atoms with Gasteiger partial charge in [-0.2, -0.15) is 0 Å². The normalized spacial score (nSPS) is 10.4. The van der Waals surface area contributed by atoms with Gasteiger partial charge in [-0.1, -0.05) is 47.7 Å². The van der Waals surface area contributed by atoms with E-state index in [4.69, 9.17) is 4.74 Å². The highest BCUT2D eigenvalue weighted by Gasteiger charge is 2.21. The first-order chi connectivity index (χ1) is 12.2. The summed E-state index contributed by atoms with van der Waals surface area (Å²) in [6.45, 7) is 2.04. The third-order valence-corrected chi connectivity index (χ3v) is 5.12. The smallest absolute Gasteiger partial charge is 0.350 e. The molecule has 0 bridgehead atoms. The molecule has 1 N–H and O–H groups in total. The predicted molar refractivity (Wildman–Crippen MR) is 100 cm³/mol. The van der Waals surface area contributed by atoms with Crippen LogP contribution in [-0.2, 0) is 16.0 Å². The highest BCUT2D eigenvalue weighted by Crippen LogP contribution is 2.32. The van der Waals surface area contributed by atoms with E-state index in [0.29, 0.717) is 15.7 Å². The fourth-order valence-corrected chi connectivity index (χ4v) is 3.84. The molecule has 0 fully saturated rings. The van der Waals surface area contributed by atoms with Gasteiger partial charge in [-0.05, 0) is 18.4 Å². The maximum Gasteiger partial charge on any atom is 0.350 e. The fourth-order valence-electron chi connectivity index (χ4n) is 2.24. The number of thiophene rings is 1. The highest BCUT2D eigenvalue weighted by molar-refractivity contribution is 7.18. The van der Waals surface area contributed by atoms with Gasteiger partial charge in [-0.3, -0.25) is 4.79 Å². The number of rotatable bonds is 6. The Kier molecular flexibility index (Phi) is 5.57. The number of aromatic nitrogens is 1. The molecule has 0 aliphatic rings. The lowest BCUT2D eigenvalue weighted by Gasteiger charge is -2.01. The lowest BCUT2D eigenvalue weighted by molar-refractivity contribution is -0.115. The molecule has 0 saturated heterocycles. The lowest BCUT2D eigenvalue weighted by Crippen LogP contribution is -2.13. The molecule has 0 aliphatic carbocycles. The van der Waals surface area contributed by atoms with Crippen molar-refractivity contribution < 1.29 is 14.3 Å². The van der Waals surface area contributed by atoms with Crippen molar-refractivity contribution in [2.75, 3.05) is 11.9 Å². The largest absolute Gasteiger partial charge is 0.462 e. The second kappa shape index (κ2) is 8.04. The molecule has 2 heterocycles. The van der Waals surface area contributed by atoms with Crippen molar-refractivity contribution in [2.24, 2.45) is 0 Å². The van der Waals surface area contributed by atoms with Crippen LogP contribution < -0.4 is 5.32 Å². The highest BCUT2D eigenvalue weighted by atomic mass is 32.1. The topological polar surface area (TPSA) is 68.3 Å². The Bertz CT molecular complexity index is 858. The predicted octanol–water partition coefficient (Wildman–Crippen LogP) is 4.23. The van der Waals surface area contributed by atoms with Crippen LogP contribution in [0.15, 0.2) is 47.8 Å². The van der Waals surface area contributed by atoms with E-state index in [1.807, 2.05) is 47.8 Å². The first-order valence-electron chi connectivity index (χ1n) is 7.73. The van der Waals surface area contributed by atoms with Crippen LogP contribution in [0.5, 0.6) is 0 Å². The average molecular weight is 372 g/mol. The zero-order valence-electron chi connectivity index (χ0n) is 13.5. The van der Waals surface area contributed by atoms with Gasteiger partial charge in [0.15, 0.2) is 5.13 Å². The van der Waals surface area contributed by atoms with Crippen molar-refractivity contribution in [1.82, 2.24) is 4.98 Å². The van der Waals surface area contributed by atoms with E-state index in [0.717, 1.165) is 21.8 Å². The number of thiazole rings is 1. The molecule has 0 unspecified atom stereocenters. The molecule has 0 aliphatic heterocycles. The summed E-state index contributed by atoms with van der Waals surface area (Å²) >= 11 is 2.66. The maximum atomic E-state index is 12.2. The molecule has 7 heteroatoms. The van der Waals surface area contributed by atoms with Crippen molar-refractivity contribution in [1.29, 1.82) is 0 Å². The number of nitrogens with zero attached hydrogens (tertiary/aromatic N) is 1. The van der Waals surface area contributed by atoms with Crippen LogP contribution >= 0.6 is 22.7 Å². The van der Waals surface area contributed by atoms with Crippen molar-refractivity contribution in [3.05, 3.63) is 57.6 Å². The monoisotopic (exact) mass is 372 g/mol. The van der Waals surface area contributed by atoms with Crippen LogP contribution in [0.3, 0.4) is 0 Å². The van der Waals surface area contributed by atoms with Gasteiger partial charge in [0.2, 0.25) is 5.91 Å². The molecule has 0 radical (unpaired) electrons. The second-order valence-corrected chi connectivity index (χ2v) is 7.12. The Morgan fingerprint density at radius 3 is 2.64 bits per heavy atom. The minimum Gasteiger partial charge on any atom is -0.462 e. The summed E-state index contributed by atoms with van der Waals surface area (Å²) in [7, 11) is 0. The van der Waals surface area contributed by atoms with Crippen molar-refractivity contribution in [2.45, 2.75) is 13.3 Å². The molecular formula is C18H16N2O3S2. The van der Waals surface area contributed by atoms with Gasteiger partial charge in [0.1, 0.15) is 4.88 Å². The number of benzene rings is 1. The molecule has 25 heavy (non-hydrogen) atoms. The van der Waals surface area contributed by atoms with Crippen LogP contribution in [0.4, 0.5) is 5.13 Å². The van der Waals surface area contributed by atoms with E-state index < -0.39 is 5.97 Å². The number of anilines is 1. The van der Waals surface area contributed by atoms with E-state index in [1.54, 1.807) is 6.92 Å². The summed E-state index contributed by atoms with van der Waals surface area (Å²) in [4.78, 5) is 30.2. The summed E-state index contributed by atoms with van der Waals surface area (Å²) in [6.07, 6.45) is 0.284. The SMILES string of the molecule is CCOC(=O)c1sc(NC(=O)Cc2cccs2)nc1-c1ccccc1. The molecule has 0 spiro atoms. The molecule has 5 nitrogen and oxygen atoms in total. The van der Waals surface area contributed by atoms with Gasteiger partial charge in [-0.25, -0.2) is 9.78 Å². The van der Waals surface area contributed by atoms with Crippen LogP contribution in [0.25, 0.3) is 11.3 Å². The maximum absolute atomic E-state index is 12.2. The number of hydrogen-bond donors (Lipinski definition) is 1. The van der Waals surface area contributed by atoms with Gasteiger partial charge in [-0.15, -0.1) is 11.3 Å². The first-order valence-corrected chi connectivity index (χ1v) is 9.42. The number of carbonyl (C=O) groups is 2. The third kappa shape index (κ3) is 4.32. The Hall–Kier alpha value is -2.51. The molecule has 0 atom stereocenters. The third-order valence-electron chi connectivity index (χ3n) is 3.30. The Labute approximate surface area is 153 Å². The van der Waals surface area contributed by atoms with Gasteiger partial charge in [0.25, 0.3) is 0 Å². The summed E-state index contributed by atoms with van der Waals surface area (Å²) < 4.78 is 5.11. The molecular weight excluding hydrogens is 356 g/mol. The molecule has 1 aromatic carbocycles. The Balaban J connectivity index is 1.85. The Morgan fingerprint density at radius 2 is 1.96 bits per heavy atom. The molecule has 0 saturated carbocycles.